The minimum atomic E-state index is -4.43. The fourth-order valence-electron chi connectivity index (χ4n) is 1.79. The van der Waals surface area contributed by atoms with Crippen molar-refractivity contribution in [2.45, 2.75) is 19.5 Å². The summed E-state index contributed by atoms with van der Waals surface area (Å²) in [4.78, 5) is 12.9. The number of hydrogen-bond acceptors (Lipinski definition) is 2. The summed E-state index contributed by atoms with van der Waals surface area (Å²) in [5.41, 5.74) is 0.621. The summed E-state index contributed by atoms with van der Waals surface area (Å²) in [5.74, 6) is 4.36. The standard InChI is InChI=1S/C15H16F3NO2/c1-2-8-19(11-15(16,17)18)14(21)13-7-3-5-12(10-13)6-4-9-20/h3,5,7,10,20H,2,8-9,11H2,1H3. The van der Waals surface area contributed by atoms with Gasteiger partial charge in [-0.3, -0.25) is 4.79 Å². The first-order chi connectivity index (χ1) is 9.87. The van der Waals surface area contributed by atoms with Crippen molar-refractivity contribution in [3.8, 4) is 11.8 Å². The zero-order valence-electron chi connectivity index (χ0n) is 11.6. The molecular weight excluding hydrogens is 283 g/mol. The zero-order chi connectivity index (χ0) is 15.9. The molecule has 1 amide bonds. The maximum atomic E-state index is 12.5. The molecule has 0 bridgehead atoms. The van der Waals surface area contributed by atoms with Gasteiger partial charge in [0, 0.05) is 17.7 Å². The Morgan fingerprint density at radius 3 is 2.67 bits per heavy atom. The van der Waals surface area contributed by atoms with Gasteiger partial charge in [-0.25, -0.2) is 0 Å². The fourth-order valence-corrected chi connectivity index (χ4v) is 1.79. The maximum Gasteiger partial charge on any atom is 0.406 e. The summed E-state index contributed by atoms with van der Waals surface area (Å²) in [7, 11) is 0. The first kappa shape index (κ1) is 17.1. The number of alkyl halides is 3. The summed E-state index contributed by atoms with van der Waals surface area (Å²) in [6, 6.07) is 6.04. The first-order valence-corrected chi connectivity index (χ1v) is 6.43. The molecule has 1 N–H and O–H groups in total. The topological polar surface area (TPSA) is 40.5 Å². The van der Waals surface area contributed by atoms with Crippen LogP contribution in [0.15, 0.2) is 24.3 Å². The third-order valence-corrected chi connectivity index (χ3v) is 2.57. The molecule has 21 heavy (non-hydrogen) atoms. The van der Waals surface area contributed by atoms with Crippen LogP contribution in [0.2, 0.25) is 0 Å². The minimum Gasteiger partial charge on any atom is -0.384 e. The lowest BCUT2D eigenvalue weighted by Gasteiger charge is -2.23. The lowest BCUT2D eigenvalue weighted by Crippen LogP contribution is -2.39. The van der Waals surface area contributed by atoms with Crippen LogP contribution >= 0.6 is 0 Å². The molecule has 0 atom stereocenters. The molecule has 0 aliphatic rings. The van der Waals surface area contributed by atoms with Crippen LogP contribution in [0.1, 0.15) is 29.3 Å². The molecule has 0 spiro atoms. The molecule has 3 nitrogen and oxygen atoms in total. The van der Waals surface area contributed by atoms with Gasteiger partial charge in [0.25, 0.3) is 5.91 Å². The number of hydrogen-bond donors (Lipinski definition) is 1. The van der Waals surface area contributed by atoms with E-state index in [1.807, 2.05) is 0 Å². The van der Waals surface area contributed by atoms with Gasteiger partial charge in [0.2, 0.25) is 0 Å². The lowest BCUT2D eigenvalue weighted by molar-refractivity contribution is -0.140. The second kappa shape index (κ2) is 7.70. The Hall–Kier alpha value is -2.00. The van der Waals surface area contributed by atoms with Crippen molar-refractivity contribution in [3.63, 3.8) is 0 Å². The van der Waals surface area contributed by atoms with Crippen molar-refractivity contribution >= 4 is 5.91 Å². The smallest absolute Gasteiger partial charge is 0.384 e. The highest BCUT2D eigenvalue weighted by Crippen LogP contribution is 2.18. The van der Waals surface area contributed by atoms with Gasteiger partial charge in [-0.15, -0.1) is 0 Å². The van der Waals surface area contributed by atoms with Gasteiger partial charge in [-0.2, -0.15) is 13.2 Å². The van der Waals surface area contributed by atoms with E-state index in [4.69, 9.17) is 5.11 Å². The number of carbonyl (C=O) groups excluding carboxylic acids is 1. The van der Waals surface area contributed by atoms with E-state index in [2.05, 4.69) is 11.8 Å². The number of halogens is 3. The molecule has 0 saturated heterocycles. The van der Waals surface area contributed by atoms with E-state index in [-0.39, 0.29) is 18.7 Å². The number of rotatable bonds is 4. The number of aliphatic hydroxyl groups excluding tert-OH is 1. The van der Waals surface area contributed by atoms with Crippen LogP contribution < -0.4 is 0 Å². The first-order valence-electron chi connectivity index (χ1n) is 6.43. The molecule has 0 aliphatic heterocycles. The summed E-state index contributed by atoms with van der Waals surface area (Å²) in [6.45, 7) is 0.144. The van der Waals surface area contributed by atoms with Gasteiger partial charge in [-0.1, -0.05) is 24.8 Å². The van der Waals surface area contributed by atoms with E-state index < -0.39 is 18.6 Å². The summed E-state index contributed by atoms with van der Waals surface area (Å²) >= 11 is 0. The predicted octanol–water partition coefficient (Wildman–Crippen LogP) is 2.44. The Morgan fingerprint density at radius 1 is 1.38 bits per heavy atom. The molecule has 0 heterocycles. The molecule has 0 fully saturated rings. The fraction of sp³-hybridized carbons (Fsp3) is 0.400. The molecule has 0 unspecified atom stereocenters. The summed E-state index contributed by atoms with van der Waals surface area (Å²) in [5, 5.41) is 8.62. The Labute approximate surface area is 121 Å². The van der Waals surface area contributed by atoms with E-state index in [0.717, 1.165) is 4.90 Å². The minimum absolute atomic E-state index is 0.0326. The van der Waals surface area contributed by atoms with Crippen LogP contribution in [-0.4, -0.2) is 41.8 Å². The van der Waals surface area contributed by atoms with Gasteiger partial charge in [0.05, 0.1) is 0 Å². The highest BCUT2D eigenvalue weighted by Gasteiger charge is 2.32. The highest BCUT2D eigenvalue weighted by molar-refractivity contribution is 5.94. The molecular formula is C15H16F3NO2. The average molecular weight is 299 g/mol. The largest absolute Gasteiger partial charge is 0.406 e. The third-order valence-electron chi connectivity index (χ3n) is 2.57. The summed E-state index contributed by atoms with van der Waals surface area (Å²) < 4.78 is 37.5. The average Bonchev–Trinajstić information content (AvgIpc) is 2.43. The van der Waals surface area contributed by atoms with E-state index >= 15 is 0 Å². The molecule has 0 saturated carbocycles. The van der Waals surface area contributed by atoms with Crippen LogP contribution in [0.3, 0.4) is 0 Å². The lowest BCUT2D eigenvalue weighted by atomic mass is 10.1. The molecule has 1 aromatic carbocycles. The number of aliphatic hydroxyl groups is 1. The summed E-state index contributed by atoms with van der Waals surface area (Å²) in [6.07, 6.45) is -4.00. The van der Waals surface area contributed by atoms with Crippen LogP contribution in [-0.2, 0) is 0 Å². The van der Waals surface area contributed by atoms with Gasteiger partial charge in [-0.05, 0) is 24.6 Å². The van der Waals surface area contributed by atoms with Crippen molar-refractivity contribution in [1.82, 2.24) is 4.90 Å². The Bertz CT molecular complexity index is 544. The Kier molecular flexibility index (Phi) is 6.25. The predicted molar refractivity (Wildman–Crippen MR) is 72.7 cm³/mol. The van der Waals surface area contributed by atoms with Crippen LogP contribution in [0.5, 0.6) is 0 Å². The van der Waals surface area contributed by atoms with Gasteiger partial charge >= 0.3 is 6.18 Å². The Morgan fingerprint density at radius 2 is 2.10 bits per heavy atom. The normalized spacial score (nSPS) is 10.7. The number of amides is 1. The SMILES string of the molecule is CCCN(CC(F)(F)F)C(=O)c1cccc(C#CCO)c1. The number of benzene rings is 1. The van der Waals surface area contributed by atoms with Crippen molar-refractivity contribution in [1.29, 1.82) is 0 Å². The quantitative estimate of drug-likeness (QED) is 0.868. The molecule has 0 radical (unpaired) electrons. The monoisotopic (exact) mass is 299 g/mol. The van der Waals surface area contributed by atoms with Gasteiger partial charge in [0.15, 0.2) is 0 Å². The van der Waals surface area contributed by atoms with Crippen molar-refractivity contribution in [2.24, 2.45) is 0 Å². The zero-order valence-corrected chi connectivity index (χ0v) is 11.6. The molecule has 0 aliphatic carbocycles. The third kappa shape index (κ3) is 5.88. The second-order valence-electron chi connectivity index (χ2n) is 4.38. The maximum absolute atomic E-state index is 12.5. The number of carbonyl (C=O) groups is 1. The second-order valence-corrected chi connectivity index (χ2v) is 4.38. The molecule has 1 rings (SSSR count). The van der Waals surface area contributed by atoms with Gasteiger partial charge in [0.1, 0.15) is 13.2 Å². The highest BCUT2D eigenvalue weighted by atomic mass is 19.4. The van der Waals surface area contributed by atoms with Crippen LogP contribution in [0.25, 0.3) is 0 Å². The molecule has 0 aromatic heterocycles. The van der Waals surface area contributed by atoms with E-state index in [0.29, 0.717) is 12.0 Å². The van der Waals surface area contributed by atoms with E-state index in [1.54, 1.807) is 19.1 Å². The van der Waals surface area contributed by atoms with Gasteiger partial charge < -0.3 is 10.0 Å². The molecule has 6 heteroatoms. The molecule has 114 valence electrons. The number of nitrogens with zero attached hydrogens (tertiary/aromatic N) is 1. The van der Waals surface area contributed by atoms with Crippen molar-refractivity contribution < 1.29 is 23.1 Å². The van der Waals surface area contributed by atoms with E-state index in [9.17, 15) is 18.0 Å². The van der Waals surface area contributed by atoms with Crippen LogP contribution in [0, 0.1) is 11.8 Å². The van der Waals surface area contributed by atoms with Crippen LogP contribution in [0.4, 0.5) is 13.2 Å². The molecule has 1 aromatic rings. The van der Waals surface area contributed by atoms with Crippen molar-refractivity contribution in [2.75, 3.05) is 19.7 Å². The van der Waals surface area contributed by atoms with Crippen molar-refractivity contribution in [3.05, 3.63) is 35.4 Å². The Balaban J connectivity index is 2.98. The van der Waals surface area contributed by atoms with E-state index in [1.165, 1.54) is 12.1 Å².